The standard InChI is InChI=1S/C21H22N2O5S/c1-28-17-10-8-16(9-11-17)21(25)19(5-3-4-14-24)22-23-20(21)15-6-12-18(13-7-15)29(2,26)27/h6-14,25H,3-5H2,1-2H3. The van der Waals surface area contributed by atoms with Gasteiger partial charge < -0.3 is 14.6 Å². The number of nitrogens with zero attached hydrogens (tertiary/aromatic N) is 2. The number of hydrogen-bond donors (Lipinski definition) is 1. The van der Waals surface area contributed by atoms with Gasteiger partial charge in [0.25, 0.3) is 0 Å². The van der Waals surface area contributed by atoms with Crippen LogP contribution in [0.15, 0.2) is 63.6 Å². The molecule has 29 heavy (non-hydrogen) atoms. The predicted octanol–water partition coefficient (Wildman–Crippen LogP) is 2.51. The molecule has 0 amide bonds. The Hall–Kier alpha value is -2.84. The lowest BCUT2D eigenvalue weighted by Crippen LogP contribution is -2.41. The highest BCUT2D eigenvalue weighted by Crippen LogP contribution is 2.35. The van der Waals surface area contributed by atoms with Crippen molar-refractivity contribution < 1.29 is 23.1 Å². The van der Waals surface area contributed by atoms with Gasteiger partial charge in [0.05, 0.1) is 17.7 Å². The molecule has 0 aliphatic carbocycles. The molecule has 1 aliphatic rings. The van der Waals surface area contributed by atoms with Crippen LogP contribution in [0.3, 0.4) is 0 Å². The van der Waals surface area contributed by atoms with Crippen LogP contribution in [-0.2, 0) is 20.2 Å². The van der Waals surface area contributed by atoms with E-state index in [2.05, 4.69) is 10.2 Å². The molecular weight excluding hydrogens is 392 g/mol. The Morgan fingerprint density at radius 1 is 1.07 bits per heavy atom. The summed E-state index contributed by atoms with van der Waals surface area (Å²) in [5, 5.41) is 20.1. The number of carbonyl (C=O) groups excluding carboxylic acids is 1. The van der Waals surface area contributed by atoms with Crippen LogP contribution in [-0.4, -0.2) is 44.6 Å². The maximum atomic E-state index is 11.7. The van der Waals surface area contributed by atoms with Crippen LogP contribution in [0.5, 0.6) is 5.75 Å². The highest BCUT2D eigenvalue weighted by atomic mass is 32.2. The fourth-order valence-electron chi connectivity index (χ4n) is 3.24. The molecule has 1 aliphatic heterocycles. The molecule has 0 saturated heterocycles. The zero-order valence-corrected chi connectivity index (χ0v) is 17.0. The third-order valence-corrected chi connectivity index (χ3v) is 5.96. The first-order valence-corrected chi connectivity index (χ1v) is 11.0. The molecule has 0 radical (unpaired) electrons. The van der Waals surface area contributed by atoms with E-state index in [4.69, 9.17) is 4.74 Å². The van der Waals surface area contributed by atoms with Gasteiger partial charge in [-0.2, -0.15) is 10.2 Å². The number of aldehydes is 1. The van der Waals surface area contributed by atoms with Crippen LogP contribution in [0.2, 0.25) is 0 Å². The van der Waals surface area contributed by atoms with Crippen LogP contribution < -0.4 is 4.74 Å². The second-order valence-electron chi connectivity index (χ2n) is 6.79. The molecule has 0 spiro atoms. The lowest BCUT2D eigenvalue weighted by molar-refractivity contribution is -0.107. The van der Waals surface area contributed by atoms with Crippen LogP contribution in [0, 0.1) is 0 Å². The minimum absolute atomic E-state index is 0.181. The molecule has 0 fully saturated rings. The van der Waals surface area contributed by atoms with Crippen molar-refractivity contribution in [3.8, 4) is 5.75 Å². The first kappa shape index (κ1) is 20.9. The molecule has 7 nitrogen and oxygen atoms in total. The van der Waals surface area contributed by atoms with Crippen molar-refractivity contribution in [1.29, 1.82) is 0 Å². The van der Waals surface area contributed by atoms with E-state index in [1.807, 2.05) is 0 Å². The van der Waals surface area contributed by atoms with Gasteiger partial charge in [-0.3, -0.25) is 0 Å². The fourth-order valence-corrected chi connectivity index (χ4v) is 3.87. The van der Waals surface area contributed by atoms with Crippen LogP contribution in [0.4, 0.5) is 0 Å². The first-order chi connectivity index (χ1) is 13.8. The summed E-state index contributed by atoms with van der Waals surface area (Å²) in [5.41, 5.74) is 0.286. The smallest absolute Gasteiger partial charge is 0.175 e. The highest BCUT2D eigenvalue weighted by Gasteiger charge is 2.44. The zero-order valence-electron chi connectivity index (χ0n) is 16.2. The van der Waals surface area contributed by atoms with E-state index in [-0.39, 0.29) is 4.90 Å². The van der Waals surface area contributed by atoms with Crippen molar-refractivity contribution in [2.45, 2.75) is 29.8 Å². The lowest BCUT2D eigenvalue weighted by Gasteiger charge is -2.27. The van der Waals surface area contributed by atoms with Gasteiger partial charge in [0.2, 0.25) is 0 Å². The zero-order chi connectivity index (χ0) is 21.1. The van der Waals surface area contributed by atoms with E-state index in [0.717, 1.165) is 12.5 Å². The van der Waals surface area contributed by atoms with Crippen molar-refractivity contribution in [1.82, 2.24) is 0 Å². The van der Waals surface area contributed by atoms with Gasteiger partial charge in [0.15, 0.2) is 15.4 Å². The summed E-state index contributed by atoms with van der Waals surface area (Å²) in [7, 11) is -1.78. The van der Waals surface area contributed by atoms with Crippen molar-refractivity contribution in [3.05, 3.63) is 59.7 Å². The molecule has 2 aromatic rings. The molecule has 0 aromatic heterocycles. The summed E-state index contributed by atoms with van der Waals surface area (Å²) in [6.07, 6.45) is 3.26. The summed E-state index contributed by atoms with van der Waals surface area (Å²) in [6.45, 7) is 0. The van der Waals surface area contributed by atoms with Crippen molar-refractivity contribution in [2.24, 2.45) is 10.2 Å². The maximum Gasteiger partial charge on any atom is 0.175 e. The fraction of sp³-hybridized carbons (Fsp3) is 0.286. The second kappa shape index (κ2) is 8.26. The van der Waals surface area contributed by atoms with Gasteiger partial charge in [-0.05, 0) is 42.7 Å². The summed E-state index contributed by atoms with van der Waals surface area (Å²) in [6, 6.07) is 13.1. The van der Waals surface area contributed by atoms with Gasteiger partial charge in [0, 0.05) is 18.2 Å². The Labute approximate surface area is 169 Å². The molecule has 1 heterocycles. The minimum atomic E-state index is -3.34. The Bertz CT molecular complexity index is 1060. The molecular formula is C21H22N2O5S. The van der Waals surface area contributed by atoms with E-state index in [9.17, 15) is 18.3 Å². The van der Waals surface area contributed by atoms with E-state index in [0.29, 0.717) is 47.6 Å². The molecule has 3 rings (SSSR count). The number of methoxy groups -OCH3 is 1. The quantitative estimate of drug-likeness (QED) is 0.528. The number of aliphatic hydroxyl groups is 1. The Balaban J connectivity index is 2.02. The number of carbonyl (C=O) groups is 1. The number of benzene rings is 2. The topological polar surface area (TPSA) is 105 Å². The monoisotopic (exact) mass is 414 g/mol. The van der Waals surface area contributed by atoms with Crippen molar-refractivity contribution in [2.75, 3.05) is 13.4 Å². The third kappa shape index (κ3) is 4.13. The van der Waals surface area contributed by atoms with Gasteiger partial charge >= 0.3 is 0 Å². The number of sulfone groups is 1. The normalized spacial score (nSPS) is 18.9. The molecule has 152 valence electrons. The molecule has 0 bridgehead atoms. The average Bonchev–Trinajstić information content (AvgIpc) is 3.05. The first-order valence-electron chi connectivity index (χ1n) is 9.07. The summed E-state index contributed by atoms with van der Waals surface area (Å²) in [5.74, 6) is 0.644. The summed E-state index contributed by atoms with van der Waals surface area (Å²) >= 11 is 0. The van der Waals surface area contributed by atoms with E-state index >= 15 is 0 Å². The Kier molecular flexibility index (Phi) is 5.95. The largest absolute Gasteiger partial charge is 0.497 e. The van der Waals surface area contributed by atoms with Gasteiger partial charge in [-0.25, -0.2) is 8.42 Å². The third-order valence-electron chi connectivity index (χ3n) is 4.83. The van der Waals surface area contributed by atoms with Crippen LogP contribution >= 0.6 is 0 Å². The molecule has 8 heteroatoms. The van der Waals surface area contributed by atoms with Crippen LogP contribution in [0.1, 0.15) is 30.4 Å². The minimum Gasteiger partial charge on any atom is -0.497 e. The molecule has 1 unspecified atom stereocenters. The molecule has 0 saturated carbocycles. The summed E-state index contributed by atoms with van der Waals surface area (Å²) < 4.78 is 28.7. The molecule has 1 atom stereocenters. The number of ether oxygens (including phenoxy) is 1. The Morgan fingerprint density at radius 3 is 2.28 bits per heavy atom. The van der Waals surface area contributed by atoms with Crippen LogP contribution in [0.25, 0.3) is 0 Å². The maximum absolute atomic E-state index is 11.7. The van der Waals surface area contributed by atoms with Crippen molar-refractivity contribution >= 4 is 27.5 Å². The van der Waals surface area contributed by atoms with Crippen molar-refractivity contribution in [3.63, 3.8) is 0 Å². The number of unbranched alkanes of at least 4 members (excludes halogenated alkanes) is 1. The number of rotatable bonds is 8. The predicted molar refractivity (Wildman–Crippen MR) is 110 cm³/mol. The second-order valence-corrected chi connectivity index (χ2v) is 8.81. The number of hydrogen-bond acceptors (Lipinski definition) is 7. The SMILES string of the molecule is COc1ccc(C2(O)C(CCCC=O)=NN=C2c2ccc(S(C)(=O)=O)cc2)cc1. The van der Waals surface area contributed by atoms with E-state index < -0.39 is 15.4 Å². The lowest BCUT2D eigenvalue weighted by atomic mass is 9.80. The average molecular weight is 414 g/mol. The van der Waals surface area contributed by atoms with E-state index in [1.165, 1.54) is 12.1 Å². The molecule has 1 N–H and O–H groups in total. The molecule has 2 aromatic carbocycles. The van der Waals surface area contributed by atoms with E-state index in [1.54, 1.807) is 43.5 Å². The highest BCUT2D eigenvalue weighted by molar-refractivity contribution is 7.90. The van der Waals surface area contributed by atoms with Gasteiger partial charge in [0.1, 0.15) is 17.7 Å². The Morgan fingerprint density at radius 2 is 1.72 bits per heavy atom. The summed E-state index contributed by atoms with van der Waals surface area (Å²) in [4.78, 5) is 10.9. The van der Waals surface area contributed by atoms with Gasteiger partial charge in [-0.15, -0.1) is 0 Å². The van der Waals surface area contributed by atoms with Gasteiger partial charge in [-0.1, -0.05) is 24.3 Å².